The minimum absolute atomic E-state index is 0.0355. The third-order valence-corrected chi connectivity index (χ3v) is 4.10. The molecule has 0 aliphatic carbocycles. The fourth-order valence-electron chi connectivity index (χ4n) is 1.92. The molecule has 0 aliphatic heterocycles. The van der Waals surface area contributed by atoms with Gasteiger partial charge in [0.05, 0.1) is 17.1 Å². The quantitative estimate of drug-likeness (QED) is 0.817. The molecule has 0 fully saturated rings. The van der Waals surface area contributed by atoms with E-state index in [-0.39, 0.29) is 11.1 Å². The van der Waals surface area contributed by atoms with Gasteiger partial charge in [0.15, 0.2) is 0 Å². The average Bonchev–Trinajstić information content (AvgIpc) is 2.94. The van der Waals surface area contributed by atoms with Crippen LogP contribution in [0, 0.1) is 0 Å². The molecule has 1 aromatic carbocycles. The van der Waals surface area contributed by atoms with Gasteiger partial charge in [-0.15, -0.1) is 0 Å². The minimum atomic E-state index is -0.990. The number of carboxylic acids is 1. The summed E-state index contributed by atoms with van der Waals surface area (Å²) in [6.07, 6.45) is 1.01. The molecule has 0 aliphatic rings. The maximum atomic E-state index is 11.1. The first-order chi connectivity index (χ1) is 10.3. The van der Waals surface area contributed by atoms with E-state index < -0.39 is 5.97 Å². The van der Waals surface area contributed by atoms with Crippen LogP contribution < -0.4 is 5.32 Å². The van der Waals surface area contributed by atoms with Gasteiger partial charge in [-0.1, -0.05) is 18.5 Å². The van der Waals surface area contributed by atoms with Crippen LogP contribution in [0.15, 0.2) is 34.7 Å². The van der Waals surface area contributed by atoms with E-state index in [0.29, 0.717) is 22.9 Å². The molecule has 22 heavy (non-hydrogen) atoms. The van der Waals surface area contributed by atoms with Crippen LogP contribution in [0.2, 0.25) is 5.02 Å². The SMILES string of the molecule is CCC(C)(C)NCc1ccc(-c2cc(C(=O)O)ccc2Cl)o1. The van der Waals surface area contributed by atoms with Crippen molar-refractivity contribution in [3.63, 3.8) is 0 Å². The molecule has 2 N–H and O–H groups in total. The lowest BCUT2D eigenvalue weighted by molar-refractivity contribution is 0.0697. The Kier molecular flexibility index (Phi) is 4.94. The van der Waals surface area contributed by atoms with Gasteiger partial charge in [0.1, 0.15) is 11.5 Å². The summed E-state index contributed by atoms with van der Waals surface area (Å²) in [5.74, 6) is 0.364. The molecule has 0 spiro atoms. The summed E-state index contributed by atoms with van der Waals surface area (Å²) in [6, 6.07) is 8.25. The van der Waals surface area contributed by atoms with E-state index in [1.165, 1.54) is 12.1 Å². The van der Waals surface area contributed by atoms with Gasteiger partial charge >= 0.3 is 5.97 Å². The Bertz CT molecular complexity index is 676. The third-order valence-electron chi connectivity index (χ3n) is 3.77. The Morgan fingerprint density at radius 3 is 2.68 bits per heavy atom. The predicted molar refractivity (Wildman–Crippen MR) is 87.3 cm³/mol. The smallest absolute Gasteiger partial charge is 0.335 e. The maximum absolute atomic E-state index is 11.1. The summed E-state index contributed by atoms with van der Waals surface area (Å²) >= 11 is 6.15. The Hall–Kier alpha value is -1.78. The van der Waals surface area contributed by atoms with Gasteiger partial charge < -0.3 is 14.8 Å². The lowest BCUT2D eigenvalue weighted by Crippen LogP contribution is -2.37. The summed E-state index contributed by atoms with van der Waals surface area (Å²) < 4.78 is 5.79. The molecule has 0 unspecified atom stereocenters. The molecule has 0 saturated heterocycles. The van der Waals surface area contributed by atoms with Crippen LogP contribution in [0.1, 0.15) is 43.3 Å². The van der Waals surface area contributed by atoms with Gasteiger partial charge in [-0.2, -0.15) is 0 Å². The highest BCUT2D eigenvalue weighted by Gasteiger charge is 2.16. The maximum Gasteiger partial charge on any atom is 0.335 e. The summed E-state index contributed by atoms with van der Waals surface area (Å²) in [5.41, 5.74) is 0.804. The summed E-state index contributed by atoms with van der Waals surface area (Å²) in [7, 11) is 0. The highest BCUT2D eigenvalue weighted by molar-refractivity contribution is 6.33. The Labute approximate surface area is 135 Å². The molecule has 4 nitrogen and oxygen atoms in total. The number of furan rings is 1. The fraction of sp³-hybridized carbons (Fsp3) is 0.353. The number of hydrogen-bond acceptors (Lipinski definition) is 3. The normalized spacial score (nSPS) is 11.6. The van der Waals surface area contributed by atoms with Crippen molar-refractivity contribution < 1.29 is 14.3 Å². The van der Waals surface area contributed by atoms with Crippen molar-refractivity contribution in [1.82, 2.24) is 5.32 Å². The van der Waals surface area contributed by atoms with Crippen LogP contribution in [0.25, 0.3) is 11.3 Å². The number of nitrogens with one attached hydrogen (secondary N) is 1. The molecule has 2 rings (SSSR count). The van der Waals surface area contributed by atoms with Crippen LogP contribution in [0.3, 0.4) is 0 Å². The number of carbonyl (C=O) groups is 1. The molecule has 0 radical (unpaired) electrons. The Morgan fingerprint density at radius 1 is 1.32 bits per heavy atom. The molecule has 2 aromatic rings. The Morgan fingerprint density at radius 2 is 2.05 bits per heavy atom. The first kappa shape index (κ1) is 16.6. The van der Waals surface area contributed by atoms with E-state index in [0.717, 1.165) is 12.2 Å². The molecule has 1 aromatic heterocycles. The summed E-state index contributed by atoms with van der Waals surface area (Å²) in [4.78, 5) is 11.1. The monoisotopic (exact) mass is 321 g/mol. The van der Waals surface area contributed by atoms with E-state index >= 15 is 0 Å². The number of halogens is 1. The molecule has 0 saturated carbocycles. The first-order valence-electron chi connectivity index (χ1n) is 7.19. The van der Waals surface area contributed by atoms with Crippen molar-refractivity contribution >= 4 is 17.6 Å². The van der Waals surface area contributed by atoms with Gasteiger partial charge in [-0.05, 0) is 50.6 Å². The van der Waals surface area contributed by atoms with Crippen LogP contribution >= 0.6 is 11.6 Å². The number of hydrogen-bond donors (Lipinski definition) is 2. The summed E-state index contributed by atoms with van der Waals surface area (Å²) in [6.45, 7) is 6.99. The number of rotatable bonds is 6. The van der Waals surface area contributed by atoms with Gasteiger partial charge in [0, 0.05) is 11.1 Å². The standard InChI is InChI=1S/C17H20ClNO3/c1-4-17(2,3)19-10-12-6-8-15(22-12)13-9-11(16(20)21)5-7-14(13)18/h5-9,19H,4,10H2,1-3H3,(H,20,21). The second kappa shape index (κ2) is 6.55. The van der Waals surface area contributed by atoms with Crippen molar-refractivity contribution in [2.75, 3.05) is 0 Å². The molecule has 0 atom stereocenters. The van der Waals surface area contributed by atoms with Crippen LogP contribution in [0.4, 0.5) is 0 Å². The van der Waals surface area contributed by atoms with Gasteiger partial charge in [-0.3, -0.25) is 0 Å². The van der Waals surface area contributed by atoms with Crippen molar-refractivity contribution in [2.24, 2.45) is 0 Å². The largest absolute Gasteiger partial charge is 0.478 e. The predicted octanol–water partition coefficient (Wildman–Crippen LogP) is 4.58. The number of aromatic carboxylic acids is 1. The van der Waals surface area contributed by atoms with E-state index in [1.807, 2.05) is 12.1 Å². The van der Waals surface area contributed by atoms with Crippen molar-refractivity contribution in [3.05, 3.63) is 46.7 Å². The van der Waals surface area contributed by atoms with Crippen molar-refractivity contribution in [3.8, 4) is 11.3 Å². The topological polar surface area (TPSA) is 62.5 Å². The molecule has 1 heterocycles. The highest BCUT2D eigenvalue weighted by atomic mass is 35.5. The van der Waals surface area contributed by atoms with Gasteiger partial charge in [0.2, 0.25) is 0 Å². The van der Waals surface area contributed by atoms with Crippen LogP contribution in [-0.4, -0.2) is 16.6 Å². The third kappa shape index (κ3) is 3.90. The molecular weight excluding hydrogens is 302 g/mol. The van der Waals surface area contributed by atoms with Crippen LogP contribution in [-0.2, 0) is 6.54 Å². The van der Waals surface area contributed by atoms with E-state index in [9.17, 15) is 4.79 Å². The zero-order chi connectivity index (χ0) is 16.3. The van der Waals surface area contributed by atoms with Crippen molar-refractivity contribution in [2.45, 2.75) is 39.3 Å². The fourth-order valence-corrected chi connectivity index (χ4v) is 2.13. The van der Waals surface area contributed by atoms with E-state index in [2.05, 4.69) is 26.1 Å². The second-order valence-electron chi connectivity index (χ2n) is 5.86. The lowest BCUT2D eigenvalue weighted by Gasteiger charge is -2.23. The van der Waals surface area contributed by atoms with Gasteiger partial charge in [-0.25, -0.2) is 4.79 Å². The van der Waals surface area contributed by atoms with Crippen molar-refractivity contribution in [1.29, 1.82) is 0 Å². The number of carboxylic acid groups (broad SMARTS) is 1. The highest BCUT2D eigenvalue weighted by Crippen LogP contribution is 2.30. The van der Waals surface area contributed by atoms with Gasteiger partial charge in [0.25, 0.3) is 0 Å². The molecule has 0 amide bonds. The number of benzene rings is 1. The van der Waals surface area contributed by atoms with E-state index in [4.69, 9.17) is 21.1 Å². The average molecular weight is 322 g/mol. The molecule has 0 bridgehead atoms. The summed E-state index contributed by atoms with van der Waals surface area (Å²) in [5, 5.41) is 12.9. The molecule has 118 valence electrons. The van der Waals surface area contributed by atoms with Crippen LogP contribution in [0.5, 0.6) is 0 Å². The first-order valence-corrected chi connectivity index (χ1v) is 7.57. The Balaban J connectivity index is 2.21. The van der Waals surface area contributed by atoms with E-state index in [1.54, 1.807) is 6.07 Å². The molecular formula is C17H20ClNO3. The zero-order valence-electron chi connectivity index (χ0n) is 12.9. The molecule has 5 heteroatoms. The lowest BCUT2D eigenvalue weighted by atomic mass is 10.0. The zero-order valence-corrected chi connectivity index (χ0v) is 13.7. The minimum Gasteiger partial charge on any atom is -0.478 e. The second-order valence-corrected chi connectivity index (χ2v) is 6.26.